The van der Waals surface area contributed by atoms with Gasteiger partial charge in [0.25, 0.3) is 0 Å². The van der Waals surface area contributed by atoms with Crippen LogP contribution in [-0.2, 0) is 16.0 Å². The number of carboxylic acids is 1. The van der Waals surface area contributed by atoms with Gasteiger partial charge in [-0.2, -0.15) is 0 Å². The average Bonchev–Trinajstić information content (AvgIpc) is 2.67. The minimum Gasteiger partial charge on any atom is -0.478 e. The van der Waals surface area contributed by atoms with Crippen LogP contribution in [0.4, 0.5) is 0 Å². The molecule has 1 aliphatic heterocycles. The summed E-state index contributed by atoms with van der Waals surface area (Å²) in [5, 5.41) is 8.75. The molecule has 0 radical (unpaired) electrons. The number of carboxylic acid groups (broad SMARTS) is 1. The summed E-state index contributed by atoms with van der Waals surface area (Å²) in [4.78, 5) is 34.7. The Balaban J connectivity index is 1.96. The third kappa shape index (κ3) is 2.56. The van der Waals surface area contributed by atoms with Gasteiger partial charge < -0.3 is 5.11 Å². The Labute approximate surface area is 104 Å². The van der Waals surface area contributed by atoms with E-state index in [1.165, 1.54) is 17.0 Å². The lowest BCUT2D eigenvalue weighted by atomic mass is 10.1. The topological polar surface area (TPSA) is 74.7 Å². The van der Waals surface area contributed by atoms with Gasteiger partial charge in [-0.1, -0.05) is 12.1 Å². The Morgan fingerprint density at radius 3 is 2.17 bits per heavy atom. The summed E-state index contributed by atoms with van der Waals surface area (Å²) in [6.07, 6.45) is 1.16. The summed E-state index contributed by atoms with van der Waals surface area (Å²) in [6, 6.07) is 6.44. The quantitative estimate of drug-likeness (QED) is 0.808. The predicted molar refractivity (Wildman–Crippen MR) is 63.1 cm³/mol. The molecule has 0 aliphatic carbocycles. The largest absolute Gasteiger partial charge is 0.478 e. The van der Waals surface area contributed by atoms with Crippen LogP contribution in [0.1, 0.15) is 28.8 Å². The lowest BCUT2D eigenvalue weighted by Crippen LogP contribution is -2.31. The number of benzene rings is 1. The standard InChI is InChI=1S/C13H13NO4/c15-11-5-6-12(16)14(11)8-7-9-1-3-10(4-2-9)13(17)18/h1-4H,5-8H2,(H,17,18). The number of nitrogens with zero attached hydrogens (tertiary/aromatic N) is 1. The third-order valence-corrected chi connectivity index (χ3v) is 2.98. The first kappa shape index (κ1) is 12.3. The zero-order valence-electron chi connectivity index (χ0n) is 9.76. The van der Waals surface area contributed by atoms with Gasteiger partial charge in [-0.05, 0) is 24.1 Å². The molecule has 1 N–H and O–H groups in total. The van der Waals surface area contributed by atoms with Crippen molar-refractivity contribution in [3.05, 3.63) is 35.4 Å². The molecule has 2 amide bonds. The molecule has 0 atom stereocenters. The molecule has 0 saturated carbocycles. The Morgan fingerprint density at radius 1 is 1.11 bits per heavy atom. The molecule has 0 bridgehead atoms. The predicted octanol–water partition coefficient (Wildman–Crippen LogP) is 1.08. The molecule has 5 nitrogen and oxygen atoms in total. The van der Waals surface area contributed by atoms with Crippen LogP contribution in [0.15, 0.2) is 24.3 Å². The molecule has 1 aromatic carbocycles. The monoisotopic (exact) mass is 247 g/mol. The molecule has 0 spiro atoms. The summed E-state index contributed by atoms with van der Waals surface area (Å²) in [7, 11) is 0. The molecule has 5 heteroatoms. The van der Waals surface area contributed by atoms with Crippen LogP contribution in [0, 0.1) is 0 Å². The maximum absolute atomic E-state index is 11.4. The van der Waals surface area contributed by atoms with Crippen LogP contribution < -0.4 is 0 Å². The van der Waals surface area contributed by atoms with E-state index in [-0.39, 0.29) is 17.4 Å². The van der Waals surface area contributed by atoms with Gasteiger partial charge in [0.2, 0.25) is 11.8 Å². The first-order valence-corrected chi connectivity index (χ1v) is 5.73. The molecule has 1 aliphatic rings. The molecule has 18 heavy (non-hydrogen) atoms. The van der Waals surface area contributed by atoms with Gasteiger partial charge in [0.1, 0.15) is 0 Å². The molecule has 1 fully saturated rings. The van der Waals surface area contributed by atoms with Crippen molar-refractivity contribution in [2.45, 2.75) is 19.3 Å². The normalized spacial score (nSPS) is 15.2. The zero-order valence-corrected chi connectivity index (χ0v) is 9.76. The molecule has 0 unspecified atom stereocenters. The second-order valence-corrected chi connectivity index (χ2v) is 4.19. The van der Waals surface area contributed by atoms with Gasteiger partial charge in [-0.15, -0.1) is 0 Å². The van der Waals surface area contributed by atoms with Crippen molar-refractivity contribution < 1.29 is 19.5 Å². The summed E-state index contributed by atoms with van der Waals surface area (Å²) in [5.74, 6) is -1.21. The molecule has 0 aromatic heterocycles. The van der Waals surface area contributed by atoms with E-state index in [2.05, 4.69) is 0 Å². The van der Waals surface area contributed by atoms with E-state index in [9.17, 15) is 14.4 Å². The van der Waals surface area contributed by atoms with E-state index >= 15 is 0 Å². The highest BCUT2D eigenvalue weighted by molar-refractivity contribution is 6.01. The van der Waals surface area contributed by atoms with E-state index in [4.69, 9.17) is 5.11 Å². The Morgan fingerprint density at radius 2 is 1.67 bits per heavy atom. The number of imide groups is 1. The van der Waals surface area contributed by atoms with E-state index in [1.54, 1.807) is 12.1 Å². The smallest absolute Gasteiger partial charge is 0.335 e. The summed E-state index contributed by atoms with van der Waals surface area (Å²) < 4.78 is 0. The Kier molecular flexibility index (Phi) is 3.41. The number of hydrogen-bond acceptors (Lipinski definition) is 3. The van der Waals surface area contributed by atoms with Gasteiger partial charge in [0.15, 0.2) is 0 Å². The molecule has 94 valence electrons. The van der Waals surface area contributed by atoms with Crippen molar-refractivity contribution in [1.29, 1.82) is 0 Å². The third-order valence-electron chi connectivity index (χ3n) is 2.98. The van der Waals surface area contributed by atoms with Crippen LogP contribution in [0.25, 0.3) is 0 Å². The van der Waals surface area contributed by atoms with Gasteiger partial charge in [-0.3, -0.25) is 14.5 Å². The van der Waals surface area contributed by atoms with E-state index in [0.717, 1.165) is 5.56 Å². The molecule has 2 rings (SSSR count). The van der Waals surface area contributed by atoms with Crippen LogP contribution in [0.2, 0.25) is 0 Å². The van der Waals surface area contributed by atoms with Gasteiger partial charge in [-0.25, -0.2) is 4.79 Å². The number of likely N-dealkylation sites (tertiary alicyclic amines) is 1. The number of aromatic carboxylic acids is 1. The molecular formula is C13H13NO4. The lowest BCUT2D eigenvalue weighted by molar-refractivity contribution is -0.138. The summed E-state index contributed by atoms with van der Waals surface area (Å²) >= 11 is 0. The van der Waals surface area contributed by atoms with Crippen molar-refractivity contribution in [3.8, 4) is 0 Å². The fourth-order valence-corrected chi connectivity index (χ4v) is 1.93. The fraction of sp³-hybridized carbons (Fsp3) is 0.308. The molecule has 1 aromatic rings. The Hall–Kier alpha value is -2.17. The van der Waals surface area contributed by atoms with E-state index < -0.39 is 5.97 Å². The van der Waals surface area contributed by atoms with Crippen molar-refractivity contribution in [1.82, 2.24) is 4.90 Å². The number of carbonyl (C=O) groups is 3. The second-order valence-electron chi connectivity index (χ2n) is 4.19. The fourth-order valence-electron chi connectivity index (χ4n) is 1.93. The molecule has 1 heterocycles. The molecular weight excluding hydrogens is 234 g/mol. The summed E-state index contributed by atoms with van der Waals surface area (Å²) in [6.45, 7) is 0.365. The van der Waals surface area contributed by atoms with Crippen LogP contribution in [0.3, 0.4) is 0 Å². The van der Waals surface area contributed by atoms with Crippen molar-refractivity contribution in [3.63, 3.8) is 0 Å². The molecule has 1 saturated heterocycles. The minimum atomic E-state index is -0.966. The second kappa shape index (κ2) is 5.00. The highest BCUT2D eigenvalue weighted by atomic mass is 16.4. The summed E-state index contributed by atoms with van der Waals surface area (Å²) in [5.41, 5.74) is 1.14. The first-order valence-electron chi connectivity index (χ1n) is 5.73. The van der Waals surface area contributed by atoms with Crippen molar-refractivity contribution in [2.24, 2.45) is 0 Å². The van der Waals surface area contributed by atoms with Gasteiger partial charge >= 0.3 is 5.97 Å². The SMILES string of the molecule is O=C(O)c1ccc(CCN2C(=O)CCC2=O)cc1. The Bertz CT molecular complexity index is 476. The van der Waals surface area contributed by atoms with Gasteiger partial charge in [0.05, 0.1) is 5.56 Å². The van der Waals surface area contributed by atoms with E-state index in [0.29, 0.717) is 25.8 Å². The van der Waals surface area contributed by atoms with Crippen LogP contribution in [-0.4, -0.2) is 34.3 Å². The number of rotatable bonds is 4. The average molecular weight is 247 g/mol. The highest BCUT2D eigenvalue weighted by Crippen LogP contribution is 2.13. The maximum Gasteiger partial charge on any atom is 0.335 e. The first-order chi connectivity index (χ1) is 8.58. The lowest BCUT2D eigenvalue weighted by Gasteiger charge is -2.13. The van der Waals surface area contributed by atoms with Crippen molar-refractivity contribution >= 4 is 17.8 Å². The van der Waals surface area contributed by atoms with Crippen molar-refractivity contribution in [2.75, 3.05) is 6.54 Å². The number of amides is 2. The minimum absolute atomic E-state index is 0.123. The van der Waals surface area contributed by atoms with Gasteiger partial charge in [0, 0.05) is 19.4 Å². The maximum atomic E-state index is 11.4. The van der Waals surface area contributed by atoms with Crippen LogP contribution >= 0.6 is 0 Å². The zero-order chi connectivity index (χ0) is 13.1. The van der Waals surface area contributed by atoms with Crippen LogP contribution in [0.5, 0.6) is 0 Å². The number of hydrogen-bond donors (Lipinski definition) is 1. The number of carbonyl (C=O) groups excluding carboxylic acids is 2. The van der Waals surface area contributed by atoms with E-state index in [1.807, 2.05) is 0 Å². The highest BCUT2D eigenvalue weighted by Gasteiger charge is 2.28.